The fourth-order valence-corrected chi connectivity index (χ4v) is 2.99. The van der Waals surface area contributed by atoms with Crippen LogP contribution in [0.1, 0.15) is 60.7 Å². The third-order valence-electron chi connectivity index (χ3n) is 4.54. The van der Waals surface area contributed by atoms with E-state index in [1.165, 1.54) is 6.92 Å². The van der Waals surface area contributed by atoms with Gasteiger partial charge in [-0.2, -0.15) is 5.26 Å². The van der Waals surface area contributed by atoms with Crippen LogP contribution in [0.15, 0.2) is 29.1 Å². The summed E-state index contributed by atoms with van der Waals surface area (Å²) in [6.07, 6.45) is 0. The number of nitrogens with zero attached hydrogens (tertiary/aromatic N) is 2. The molecule has 0 aliphatic heterocycles. The minimum absolute atomic E-state index is 0.0457. The van der Waals surface area contributed by atoms with Crippen LogP contribution in [0.2, 0.25) is 0 Å². The molecule has 0 aliphatic rings. The molecule has 0 bridgehead atoms. The highest BCUT2D eigenvalue weighted by Gasteiger charge is 2.24. The lowest BCUT2D eigenvalue weighted by Crippen LogP contribution is -2.29. The van der Waals surface area contributed by atoms with Gasteiger partial charge in [-0.3, -0.25) is 14.2 Å². The molecule has 2 aromatic rings. The number of ether oxygens (including phenoxy) is 1. The highest BCUT2D eigenvalue weighted by atomic mass is 16.5. The van der Waals surface area contributed by atoms with Crippen LogP contribution in [-0.2, 0) is 6.54 Å². The second-order valence-corrected chi connectivity index (χ2v) is 7.56. The van der Waals surface area contributed by atoms with E-state index in [1.807, 2.05) is 32.0 Å². The number of rotatable bonds is 7. The maximum atomic E-state index is 12.7. The topological polar surface area (TPSA) is 92.3 Å². The lowest BCUT2D eigenvalue weighted by atomic mass is 10.0. The first kappa shape index (κ1) is 21.2. The van der Waals surface area contributed by atoms with Crippen LogP contribution < -0.4 is 10.3 Å². The Morgan fingerprint density at radius 3 is 2.32 bits per heavy atom. The van der Waals surface area contributed by atoms with Gasteiger partial charge < -0.3 is 9.84 Å². The lowest BCUT2D eigenvalue weighted by Gasteiger charge is -2.17. The molecule has 0 amide bonds. The molecule has 0 saturated heterocycles. The predicted molar refractivity (Wildman–Crippen MR) is 107 cm³/mol. The van der Waals surface area contributed by atoms with Crippen molar-refractivity contribution < 1.29 is 14.6 Å². The molecule has 1 aromatic heterocycles. The van der Waals surface area contributed by atoms with Crippen molar-refractivity contribution in [1.29, 1.82) is 5.26 Å². The van der Waals surface area contributed by atoms with Crippen LogP contribution in [0.25, 0.3) is 0 Å². The number of hydrogen-bond donors (Lipinski definition) is 1. The average molecular weight is 382 g/mol. The number of ketones is 1. The highest BCUT2D eigenvalue weighted by molar-refractivity contribution is 6.01. The molecule has 0 radical (unpaired) electrons. The number of benzene rings is 1. The van der Waals surface area contributed by atoms with E-state index in [2.05, 4.69) is 13.8 Å². The number of aromatic hydroxyl groups is 1. The summed E-state index contributed by atoms with van der Waals surface area (Å²) in [7, 11) is 0. The summed E-state index contributed by atoms with van der Waals surface area (Å²) < 4.78 is 6.64. The third kappa shape index (κ3) is 4.42. The van der Waals surface area contributed by atoms with Crippen LogP contribution in [0.4, 0.5) is 0 Å². The number of hydrogen-bond acceptors (Lipinski definition) is 5. The zero-order valence-corrected chi connectivity index (χ0v) is 16.9. The summed E-state index contributed by atoms with van der Waals surface area (Å²) >= 11 is 0. The summed E-state index contributed by atoms with van der Waals surface area (Å²) in [5.41, 5.74) is 0.562. The fraction of sp³-hybridized carbons (Fsp3) is 0.409. The van der Waals surface area contributed by atoms with Gasteiger partial charge in [-0.1, -0.05) is 39.8 Å². The van der Waals surface area contributed by atoms with E-state index in [0.29, 0.717) is 11.7 Å². The van der Waals surface area contributed by atoms with Crippen LogP contribution in [0.5, 0.6) is 11.6 Å². The first-order chi connectivity index (χ1) is 13.2. The van der Waals surface area contributed by atoms with E-state index in [0.717, 1.165) is 10.1 Å². The zero-order valence-electron chi connectivity index (χ0n) is 16.9. The summed E-state index contributed by atoms with van der Waals surface area (Å²) in [5.74, 6) is 0.0695. The number of Topliss-reactive ketones (excluding diaryl/α,β-unsaturated/α-hetero) is 1. The van der Waals surface area contributed by atoms with Crippen molar-refractivity contribution in [2.24, 2.45) is 5.92 Å². The Morgan fingerprint density at radius 2 is 1.82 bits per heavy atom. The highest BCUT2D eigenvalue weighted by Crippen LogP contribution is 2.24. The van der Waals surface area contributed by atoms with Crippen molar-refractivity contribution >= 4 is 5.78 Å². The molecule has 0 fully saturated rings. The monoisotopic (exact) mass is 382 g/mol. The maximum Gasteiger partial charge on any atom is 0.271 e. The van der Waals surface area contributed by atoms with Gasteiger partial charge in [0.25, 0.3) is 5.56 Å². The molecule has 6 nitrogen and oxygen atoms in total. The van der Waals surface area contributed by atoms with Crippen molar-refractivity contribution in [1.82, 2.24) is 4.57 Å². The minimum atomic E-state index is -0.590. The number of carbonyl (C=O) groups excluding carboxylic acids is 1. The molecule has 0 spiro atoms. The van der Waals surface area contributed by atoms with E-state index >= 15 is 0 Å². The molecular weight excluding hydrogens is 356 g/mol. The van der Waals surface area contributed by atoms with Crippen molar-refractivity contribution in [3.63, 3.8) is 0 Å². The SMILES string of the molecule is Cc1c(C(=O)COc2ccc(C(C)C)cc2)c(O)n(CC(C)C)c(=O)c1C#N. The number of pyridine rings is 1. The first-order valence-electron chi connectivity index (χ1n) is 9.29. The molecule has 2 rings (SSSR count). The van der Waals surface area contributed by atoms with Crippen LogP contribution in [0.3, 0.4) is 0 Å². The smallest absolute Gasteiger partial charge is 0.271 e. The van der Waals surface area contributed by atoms with Crippen molar-refractivity contribution in [2.75, 3.05) is 6.61 Å². The van der Waals surface area contributed by atoms with Crippen LogP contribution >= 0.6 is 0 Å². The second kappa shape index (κ2) is 8.75. The number of nitriles is 1. The Morgan fingerprint density at radius 1 is 1.21 bits per heavy atom. The molecule has 0 saturated carbocycles. The van der Waals surface area contributed by atoms with Crippen LogP contribution in [0, 0.1) is 24.2 Å². The Bertz CT molecular complexity index is 964. The molecule has 1 N–H and O–H groups in total. The molecule has 1 aromatic carbocycles. The predicted octanol–water partition coefficient (Wildman–Crippen LogP) is 3.78. The van der Waals surface area contributed by atoms with Gasteiger partial charge in [-0.25, -0.2) is 0 Å². The van der Waals surface area contributed by atoms with Crippen molar-refractivity contribution in [3.8, 4) is 17.7 Å². The Balaban J connectivity index is 2.34. The Hall–Kier alpha value is -3.07. The average Bonchev–Trinajstić information content (AvgIpc) is 2.64. The molecular formula is C22H26N2O4. The fourth-order valence-electron chi connectivity index (χ4n) is 2.99. The van der Waals surface area contributed by atoms with Crippen molar-refractivity contribution in [2.45, 2.75) is 47.1 Å². The van der Waals surface area contributed by atoms with Crippen LogP contribution in [-0.4, -0.2) is 22.1 Å². The lowest BCUT2D eigenvalue weighted by molar-refractivity contribution is 0.0916. The Kier molecular flexibility index (Phi) is 6.63. The van der Waals surface area contributed by atoms with E-state index in [4.69, 9.17) is 4.74 Å². The number of carbonyl (C=O) groups is 1. The molecule has 0 atom stereocenters. The van der Waals surface area contributed by atoms with Gasteiger partial charge in [0.15, 0.2) is 6.61 Å². The summed E-state index contributed by atoms with van der Waals surface area (Å²) in [6, 6.07) is 9.30. The molecule has 0 unspecified atom stereocenters. The van der Waals surface area contributed by atoms with Gasteiger partial charge in [-0.15, -0.1) is 0 Å². The van der Waals surface area contributed by atoms with Gasteiger partial charge in [0.1, 0.15) is 17.4 Å². The largest absolute Gasteiger partial charge is 0.494 e. The zero-order chi connectivity index (χ0) is 21.0. The third-order valence-corrected chi connectivity index (χ3v) is 4.54. The molecule has 28 heavy (non-hydrogen) atoms. The molecule has 148 valence electrons. The molecule has 1 heterocycles. The number of aromatic nitrogens is 1. The van der Waals surface area contributed by atoms with Gasteiger partial charge in [0.05, 0.1) is 5.56 Å². The summed E-state index contributed by atoms with van der Waals surface area (Å²) in [6.45, 7) is 9.32. The maximum absolute atomic E-state index is 12.7. The second-order valence-electron chi connectivity index (χ2n) is 7.56. The standard InChI is InChI=1S/C22H26N2O4/c1-13(2)11-24-21(26)18(10-23)15(5)20(22(24)27)19(25)12-28-17-8-6-16(7-9-17)14(3)4/h6-9,13-14,27H,11-12H2,1-5H3. The minimum Gasteiger partial charge on any atom is -0.494 e. The first-order valence-corrected chi connectivity index (χ1v) is 9.29. The van der Waals surface area contributed by atoms with Crippen molar-refractivity contribution in [3.05, 3.63) is 56.9 Å². The van der Waals surface area contributed by atoms with Gasteiger partial charge in [0, 0.05) is 6.54 Å². The summed E-state index contributed by atoms with van der Waals surface area (Å²) in [5, 5.41) is 19.9. The molecule has 6 heteroatoms. The van der Waals surface area contributed by atoms with E-state index in [1.54, 1.807) is 12.1 Å². The normalized spacial score (nSPS) is 10.9. The quantitative estimate of drug-likeness (QED) is 0.736. The van der Waals surface area contributed by atoms with E-state index in [9.17, 15) is 20.0 Å². The van der Waals surface area contributed by atoms with Gasteiger partial charge in [-0.05, 0) is 42.0 Å². The Labute approximate surface area is 165 Å². The summed E-state index contributed by atoms with van der Waals surface area (Å²) in [4.78, 5) is 25.2. The van der Waals surface area contributed by atoms with Gasteiger partial charge >= 0.3 is 0 Å². The van der Waals surface area contributed by atoms with E-state index < -0.39 is 17.2 Å². The van der Waals surface area contributed by atoms with Gasteiger partial charge in [0.2, 0.25) is 11.7 Å². The molecule has 0 aliphatic carbocycles. The van der Waals surface area contributed by atoms with E-state index in [-0.39, 0.29) is 35.8 Å².